The second-order valence-electron chi connectivity index (χ2n) is 7.75. The van der Waals surface area contributed by atoms with Crippen LogP contribution in [0.25, 0.3) is 0 Å². The molecule has 168 valence electrons. The molecular weight excluding hydrogens is 400 g/mol. The first-order valence-corrected chi connectivity index (χ1v) is 10.2. The molecule has 0 heterocycles. The van der Waals surface area contributed by atoms with Crippen LogP contribution in [0.4, 0.5) is 0 Å². The highest BCUT2D eigenvalue weighted by Crippen LogP contribution is 2.18. The van der Waals surface area contributed by atoms with E-state index in [9.17, 15) is 24.3 Å². The van der Waals surface area contributed by atoms with Gasteiger partial charge in [0.15, 0.2) is 0 Å². The zero-order valence-corrected chi connectivity index (χ0v) is 17.8. The topological polar surface area (TPSA) is 151 Å². The summed E-state index contributed by atoms with van der Waals surface area (Å²) in [5, 5.41) is 17.4. The van der Waals surface area contributed by atoms with Gasteiger partial charge in [0.1, 0.15) is 12.1 Å². The van der Waals surface area contributed by atoms with Crippen LogP contribution >= 0.6 is 0 Å². The van der Waals surface area contributed by atoms with Crippen LogP contribution in [0.1, 0.15) is 39.5 Å². The van der Waals surface area contributed by atoms with Crippen molar-refractivity contribution in [2.24, 2.45) is 5.73 Å². The molecule has 0 fully saturated rings. The van der Waals surface area contributed by atoms with Crippen LogP contribution in [0.15, 0.2) is 47.6 Å². The normalized spacial score (nSPS) is 25.0. The van der Waals surface area contributed by atoms with E-state index in [-0.39, 0.29) is 18.0 Å². The monoisotopic (exact) mass is 430 g/mol. The Morgan fingerprint density at radius 3 is 2.06 bits per heavy atom. The maximum Gasteiger partial charge on any atom is 0.330 e. The van der Waals surface area contributed by atoms with Crippen molar-refractivity contribution in [3.05, 3.63) is 47.6 Å². The molecule has 3 amide bonds. The van der Waals surface area contributed by atoms with Crippen molar-refractivity contribution in [3.8, 4) is 0 Å². The quantitative estimate of drug-likeness (QED) is 0.396. The number of carboxylic acid groups (broad SMARTS) is 1. The Hall–Kier alpha value is -3.20. The summed E-state index contributed by atoms with van der Waals surface area (Å²) in [5.74, 6) is -2.37. The second-order valence-corrected chi connectivity index (χ2v) is 7.75. The van der Waals surface area contributed by atoms with Crippen molar-refractivity contribution < 1.29 is 24.3 Å². The predicted octanol–water partition coefficient (Wildman–Crippen LogP) is 0.445. The first-order chi connectivity index (χ1) is 14.6. The standard InChI is InChI=1S/C22H30N4O5/c1-13(27)24-18-9-5-16(6-10-18)12-20(22(30)31)26-21(29)19(25-14(2)28)11-15-3-7-17(23)8-4-15/h3,5,7,9,11-12,17-20H,4,6,8,10,23H2,1-2H3,(H,24,27)(H,25,28)(H,26,29)(H,30,31)/b15-11?,16-12+/t17-,18+,19-,20-/m0/s1. The predicted molar refractivity (Wildman–Crippen MR) is 116 cm³/mol. The van der Waals surface area contributed by atoms with E-state index in [4.69, 9.17) is 5.73 Å². The lowest BCUT2D eigenvalue weighted by molar-refractivity contribution is -0.140. The maximum atomic E-state index is 12.8. The number of rotatable bonds is 7. The molecule has 0 saturated carbocycles. The van der Waals surface area contributed by atoms with Gasteiger partial charge in [-0.05, 0) is 49.0 Å². The summed E-state index contributed by atoms with van der Waals surface area (Å²) in [6.07, 6.45) is 12.8. The highest BCUT2D eigenvalue weighted by molar-refractivity contribution is 5.92. The minimum atomic E-state index is -1.26. The highest BCUT2D eigenvalue weighted by atomic mass is 16.4. The van der Waals surface area contributed by atoms with Gasteiger partial charge in [-0.3, -0.25) is 14.4 Å². The Kier molecular flexibility index (Phi) is 8.75. The van der Waals surface area contributed by atoms with Crippen molar-refractivity contribution in [1.82, 2.24) is 16.0 Å². The fraction of sp³-hybridized carbons (Fsp3) is 0.455. The molecule has 2 rings (SSSR count). The van der Waals surface area contributed by atoms with Crippen LogP contribution in [0.2, 0.25) is 0 Å². The molecule has 0 aliphatic heterocycles. The van der Waals surface area contributed by atoms with Crippen LogP contribution in [0.3, 0.4) is 0 Å². The van der Waals surface area contributed by atoms with Gasteiger partial charge in [0.05, 0.1) is 0 Å². The molecule has 9 nitrogen and oxygen atoms in total. The molecule has 0 radical (unpaired) electrons. The minimum absolute atomic E-state index is 0.0398. The number of nitrogens with two attached hydrogens (primary N) is 1. The Morgan fingerprint density at radius 1 is 0.968 bits per heavy atom. The number of carbonyl (C=O) groups excluding carboxylic acids is 3. The number of allylic oxidation sites excluding steroid dienone is 4. The fourth-order valence-electron chi connectivity index (χ4n) is 3.41. The van der Waals surface area contributed by atoms with Crippen molar-refractivity contribution in [1.29, 1.82) is 0 Å². The van der Waals surface area contributed by atoms with Crippen LogP contribution in [0.5, 0.6) is 0 Å². The number of aliphatic carboxylic acids is 1. The van der Waals surface area contributed by atoms with Crippen LogP contribution < -0.4 is 21.7 Å². The third kappa shape index (κ3) is 8.21. The zero-order valence-electron chi connectivity index (χ0n) is 17.8. The Morgan fingerprint density at radius 2 is 1.58 bits per heavy atom. The van der Waals surface area contributed by atoms with E-state index in [0.717, 1.165) is 17.6 Å². The number of carboxylic acids is 1. The Balaban J connectivity index is 2.12. The molecule has 31 heavy (non-hydrogen) atoms. The van der Waals surface area contributed by atoms with Gasteiger partial charge in [0, 0.05) is 25.9 Å². The van der Waals surface area contributed by atoms with E-state index in [2.05, 4.69) is 16.0 Å². The molecule has 0 bridgehead atoms. The number of nitrogens with one attached hydrogen (secondary N) is 3. The molecule has 0 aromatic carbocycles. The van der Waals surface area contributed by atoms with Gasteiger partial charge in [0.25, 0.3) is 0 Å². The van der Waals surface area contributed by atoms with Gasteiger partial charge in [-0.15, -0.1) is 0 Å². The molecule has 6 N–H and O–H groups in total. The lowest BCUT2D eigenvalue weighted by Crippen LogP contribution is -2.50. The van der Waals surface area contributed by atoms with E-state index >= 15 is 0 Å². The summed E-state index contributed by atoms with van der Waals surface area (Å²) in [6, 6.07) is -2.39. The summed E-state index contributed by atoms with van der Waals surface area (Å²) in [4.78, 5) is 47.2. The first-order valence-electron chi connectivity index (χ1n) is 10.2. The summed E-state index contributed by atoms with van der Waals surface area (Å²) in [5.41, 5.74) is 7.42. The second kappa shape index (κ2) is 11.3. The third-order valence-electron chi connectivity index (χ3n) is 4.97. The molecule has 2 aliphatic rings. The van der Waals surface area contributed by atoms with Gasteiger partial charge in [-0.2, -0.15) is 0 Å². The molecule has 0 unspecified atom stereocenters. The largest absolute Gasteiger partial charge is 0.479 e. The van der Waals surface area contributed by atoms with Crippen LogP contribution in [-0.2, 0) is 19.2 Å². The van der Waals surface area contributed by atoms with E-state index in [1.807, 2.05) is 12.2 Å². The molecule has 4 atom stereocenters. The minimum Gasteiger partial charge on any atom is -0.479 e. The SMILES string of the molecule is CC(=O)N[C@@H]1C=C/C(=C\[C@H](NC(=O)[C@H](C=C2C=C[C@H](N)CC2)NC(C)=O)C(=O)O)CC1. The van der Waals surface area contributed by atoms with E-state index in [0.29, 0.717) is 19.3 Å². The molecule has 0 spiro atoms. The maximum absolute atomic E-state index is 12.8. The number of amides is 3. The Labute approximate surface area is 181 Å². The zero-order chi connectivity index (χ0) is 23.0. The molecular formula is C22H30N4O5. The van der Waals surface area contributed by atoms with Crippen LogP contribution in [-0.4, -0.2) is 53.0 Å². The molecule has 0 aromatic heterocycles. The smallest absolute Gasteiger partial charge is 0.330 e. The first kappa shape index (κ1) is 24.1. The summed E-state index contributed by atoms with van der Waals surface area (Å²) < 4.78 is 0. The summed E-state index contributed by atoms with van der Waals surface area (Å²) >= 11 is 0. The molecule has 2 aliphatic carbocycles. The van der Waals surface area contributed by atoms with E-state index in [1.54, 1.807) is 18.2 Å². The Bertz CT molecular complexity index is 843. The van der Waals surface area contributed by atoms with Crippen molar-refractivity contribution >= 4 is 23.7 Å². The molecule has 9 heteroatoms. The molecule has 0 saturated heterocycles. The van der Waals surface area contributed by atoms with Gasteiger partial charge >= 0.3 is 5.97 Å². The molecule has 0 aromatic rings. The number of hydrogen-bond acceptors (Lipinski definition) is 5. The van der Waals surface area contributed by atoms with E-state index in [1.165, 1.54) is 19.9 Å². The highest BCUT2D eigenvalue weighted by Gasteiger charge is 2.25. The average molecular weight is 431 g/mol. The summed E-state index contributed by atoms with van der Waals surface area (Å²) in [7, 11) is 0. The van der Waals surface area contributed by atoms with Gasteiger partial charge in [-0.1, -0.05) is 24.3 Å². The number of carbonyl (C=O) groups is 4. The van der Waals surface area contributed by atoms with Crippen LogP contribution in [0, 0.1) is 0 Å². The fourth-order valence-corrected chi connectivity index (χ4v) is 3.41. The van der Waals surface area contributed by atoms with Crippen molar-refractivity contribution in [2.75, 3.05) is 0 Å². The summed E-state index contributed by atoms with van der Waals surface area (Å²) in [6.45, 7) is 2.73. The van der Waals surface area contributed by atoms with Gasteiger partial charge in [0.2, 0.25) is 17.7 Å². The average Bonchev–Trinajstić information content (AvgIpc) is 2.69. The third-order valence-corrected chi connectivity index (χ3v) is 4.97. The van der Waals surface area contributed by atoms with Gasteiger partial charge in [-0.25, -0.2) is 4.79 Å². The van der Waals surface area contributed by atoms with Crippen molar-refractivity contribution in [3.63, 3.8) is 0 Å². The lowest BCUT2D eigenvalue weighted by Gasteiger charge is -2.22. The number of hydrogen-bond donors (Lipinski definition) is 5. The van der Waals surface area contributed by atoms with Crippen molar-refractivity contribution in [2.45, 2.75) is 63.7 Å². The lowest BCUT2D eigenvalue weighted by atomic mass is 9.96. The van der Waals surface area contributed by atoms with E-state index < -0.39 is 29.9 Å². The van der Waals surface area contributed by atoms with Gasteiger partial charge < -0.3 is 26.8 Å².